The van der Waals surface area contributed by atoms with Gasteiger partial charge in [0, 0.05) is 4.88 Å². The zero-order valence-electron chi connectivity index (χ0n) is 11.9. The average molecular weight is 310 g/mol. The molecule has 4 atom stereocenters. The van der Waals surface area contributed by atoms with Crippen molar-refractivity contribution in [2.75, 3.05) is 4.90 Å². The molecule has 2 amide bonds. The molecule has 5 heteroatoms. The summed E-state index contributed by atoms with van der Waals surface area (Å²) in [5, 5.41) is 10.1. The van der Waals surface area contributed by atoms with Crippen LogP contribution in [0, 0.1) is 35.0 Å². The predicted octanol–water partition coefficient (Wildman–Crippen LogP) is 2.42. The molecule has 2 fully saturated rings. The Hall–Kier alpha value is -1.93. The molecule has 0 N–H and O–H groups in total. The van der Waals surface area contributed by atoms with Crippen molar-refractivity contribution >= 4 is 28.2 Å². The van der Waals surface area contributed by atoms with Crippen LogP contribution in [0.15, 0.2) is 12.2 Å². The number of carbonyl (C=O) groups is 2. The molecule has 1 aromatic heterocycles. The first-order valence-electron chi connectivity index (χ1n) is 7.81. The SMILES string of the molecule is N#Cc1c(N2C(=O)[C@@H]3[C@H](C2=O)[C@@H]2C=C[C@@H]3C2)sc2c1CCC2. The molecule has 1 aliphatic heterocycles. The molecule has 3 aliphatic carbocycles. The average Bonchev–Trinajstić information content (AvgIpc) is 3.26. The number of fused-ring (bicyclic) bond motifs is 6. The maximum atomic E-state index is 12.9. The summed E-state index contributed by atoms with van der Waals surface area (Å²) in [6.07, 6.45) is 8.06. The van der Waals surface area contributed by atoms with E-state index in [1.807, 2.05) is 0 Å². The molecule has 1 saturated heterocycles. The van der Waals surface area contributed by atoms with Gasteiger partial charge in [-0.15, -0.1) is 11.3 Å². The number of rotatable bonds is 1. The van der Waals surface area contributed by atoms with Crippen LogP contribution in [0.5, 0.6) is 0 Å². The van der Waals surface area contributed by atoms with Gasteiger partial charge in [0.25, 0.3) is 0 Å². The molecular weight excluding hydrogens is 296 g/mol. The van der Waals surface area contributed by atoms with Crippen LogP contribution in [-0.4, -0.2) is 11.8 Å². The van der Waals surface area contributed by atoms with Crippen molar-refractivity contribution in [1.82, 2.24) is 0 Å². The van der Waals surface area contributed by atoms with Crippen molar-refractivity contribution in [3.63, 3.8) is 0 Å². The van der Waals surface area contributed by atoms with Crippen LogP contribution in [0.2, 0.25) is 0 Å². The van der Waals surface area contributed by atoms with Gasteiger partial charge in [0.1, 0.15) is 11.1 Å². The van der Waals surface area contributed by atoms with Crippen LogP contribution in [0.3, 0.4) is 0 Å². The second-order valence-corrected chi connectivity index (χ2v) is 7.74. The largest absolute Gasteiger partial charge is 0.274 e. The number of amides is 2. The van der Waals surface area contributed by atoms with Gasteiger partial charge in [-0.05, 0) is 43.1 Å². The number of imide groups is 1. The predicted molar refractivity (Wildman–Crippen MR) is 81.3 cm³/mol. The normalized spacial score (nSPS) is 34.4. The number of aryl methyl sites for hydroxylation is 1. The summed E-state index contributed by atoms with van der Waals surface area (Å²) in [5.41, 5.74) is 1.64. The van der Waals surface area contributed by atoms with E-state index in [4.69, 9.17) is 0 Å². The summed E-state index contributed by atoms with van der Waals surface area (Å²) >= 11 is 1.48. The summed E-state index contributed by atoms with van der Waals surface area (Å²) in [5.74, 6) is -0.105. The van der Waals surface area contributed by atoms with Gasteiger partial charge in [0.15, 0.2) is 0 Å². The second-order valence-electron chi connectivity index (χ2n) is 6.66. The summed E-state index contributed by atoms with van der Waals surface area (Å²) in [6.45, 7) is 0. The highest BCUT2D eigenvalue weighted by Crippen LogP contribution is 2.54. The maximum Gasteiger partial charge on any atom is 0.238 e. The smallest absolute Gasteiger partial charge is 0.238 e. The standard InChI is InChI=1S/C17H14N2O2S/c18-7-11-10-2-1-3-12(10)22-17(11)19-15(20)13-8-4-5-9(6-8)14(13)16(19)21/h4-5,8-9,13-14H,1-3,6H2/t8-,9-,13-,14+/m1/s1. The molecule has 4 nitrogen and oxygen atoms in total. The van der Waals surface area contributed by atoms with E-state index in [2.05, 4.69) is 18.2 Å². The molecule has 2 heterocycles. The van der Waals surface area contributed by atoms with Crippen molar-refractivity contribution in [2.45, 2.75) is 25.7 Å². The third-order valence-corrected chi connectivity index (χ3v) is 6.96. The van der Waals surface area contributed by atoms with Gasteiger partial charge in [-0.25, -0.2) is 4.90 Å². The van der Waals surface area contributed by atoms with Gasteiger partial charge in [0.2, 0.25) is 11.8 Å². The zero-order chi connectivity index (χ0) is 15.0. The highest BCUT2D eigenvalue weighted by molar-refractivity contribution is 7.17. The van der Waals surface area contributed by atoms with E-state index < -0.39 is 0 Å². The summed E-state index contributed by atoms with van der Waals surface area (Å²) < 4.78 is 0. The Labute approximate surface area is 132 Å². The van der Waals surface area contributed by atoms with E-state index in [-0.39, 0.29) is 35.5 Å². The highest BCUT2D eigenvalue weighted by Gasteiger charge is 2.60. The van der Waals surface area contributed by atoms with Crippen LogP contribution in [0.1, 0.15) is 28.8 Å². The number of anilines is 1. The van der Waals surface area contributed by atoms with Crippen LogP contribution >= 0.6 is 11.3 Å². The molecule has 4 aliphatic rings. The lowest BCUT2D eigenvalue weighted by atomic mass is 9.85. The number of nitrogens with zero attached hydrogens (tertiary/aromatic N) is 2. The van der Waals surface area contributed by atoms with E-state index in [9.17, 15) is 14.9 Å². The molecule has 110 valence electrons. The quantitative estimate of drug-likeness (QED) is 0.591. The van der Waals surface area contributed by atoms with Crippen LogP contribution in [0.4, 0.5) is 5.00 Å². The van der Waals surface area contributed by atoms with Crippen molar-refractivity contribution in [1.29, 1.82) is 5.26 Å². The lowest BCUT2D eigenvalue weighted by molar-refractivity contribution is -0.123. The Morgan fingerprint density at radius 1 is 1.14 bits per heavy atom. The Morgan fingerprint density at radius 2 is 1.82 bits per heavy atom. The van der Waals surface area contributed by atoms with Gasteiger partial charge in [-0.3, -0.25) is 9.59 Å². The second kappa shape index (κ2) is 4.08. The number of hydrogen-bond acceptors (Lipinski definition) is 4. The van der Waals surface area contributed by atoms with E-state index >= 15 is 0 Å². The molecule has 0 aromatic carbocycles. The van der Waals surface area contributed by atoms with Crippen LogP contribution in [-0.2, 0) is 22.4 Å². The molecule has 2 bridgehead atoms. The molecule has 5 rings (SSSR count). The third-order valence-electron chi connectivity index (χ3n) is 5.69. The number of hydrogen-bond donors (Lipinski definition) is 0. The lowest BCUT2D eigenvalue weighted by Gasteiger charge is -2.16. The Morgan fingerprint density at radius 3 is 2.45 bits per heavy atom. The van der Waals surface area contributed by atoms with Crippen molar-refractivity contribution in [2.24, 2.45) is 23.7 Å². The first kappa shape index (κ1) is 12.6. The molecule has 1 saturated carbocycles. The van der Waals surface area contributed by atoms with Gasteiger partial charge in [0.05, 0.1) is 17.4 Å². The van der Waals surface area contributed by atoms with Crippen molar-refractivity contribution < 1.29 is 9.59 Å². The van der Waals surface area contributed by atoms with E-state index in [1.54, 1.807) is 0 Å². The zero-order valence-corrected chi connectivity index (χ0v) is 12.7. The molecule has 0 spiro atoms. The minimum absolute atomic E-state index is 0.0803. The van der Waals surface area contributed by atoms with Gasteiger partial charge in [-0.2, -0.15) is 5.26 Å². The highest BCUT2D eigenvalue weighted by atomic mass is 32.1. The minimum Gasteiger partial charge on any atom is -0.274 e. The van der Waals surface area contributed by atoms with Gasteiger partial charge in [-0.1, -0.05) is 12.2 Å². The number of carbonyl (C=O) groups excluding carboxylic acids is 2. The van der Waals surface area contributed by atoms with Crippen LogP contribution in [0.25, 0.3) is 0 Å². The van der Waals surface area contributed by atoms with Crippen molar-refractivity contribution in [3.8, 4) is 6.07 Å². The first-order valence-corrected chi connectivity index (χ1v) is 8.63. The fraction of sp³-hybridized carbons (Fsp3) is 0.471. The number of nitriles is 1. The fourth-order valence-corrected chi connectivity index (χ4v) is 6.11. The Bertz CT molecular complexity index is 770. The number of thiophene rings is 1. The van der Waals surface area contributed by atoms with Gasteiger partial charge >= 0.3 is 0 Å². The van der Waals surface area contributed by atoms with E-state index in [0.29, 0.717) is 10.6 Å². The topological polar surface area (TPSA) is 61.2 Å². The molecule has 1 aromatic rings. The van der Waals surface area contributed by atoms with Crippen molar-refractivity contribution in [3.05, 3.63) is 28.2 Å². The summed E-state index contributed by atoms with van der Waals surface area (Å²) in [6, 6.07) is 2.25. The monoisotopic (exact) mass is 310 g/mol. The van der Waals surface area contributed by atoms with E-state index in [1.165, 1.54) is 21.1 Å². The summed E-state index contributed by atoms with van der Waals surface area (Å²) in [7, 11) is 0. The summed E-state index contributed by atoms with van der Waals surface area (Å²) in [4.78, 5) is 28.2. The lowest BCUT2D eigenvalue weighted by Crippen LogP contribution is -2.32. The fourth-order valence-electron chi connectivity index (χ4n) is 4.77. The van der Waals surface area contributed by atoms with Gasteiger partial charge < -0.3 is 0 Å². The third kappa shape index (κ3) is 1.32. The minimum atomic E-state index is -0.189. The number of allylic oxidation sites excluding steroid dienone is 2. The molecule has 0 radical (unpaired) electrons. The van der Waals surface area contributed by atoms with E-state index in [0.717, 1.165) is 31.2 Å². The Kier molecular flexibility index (Phi) is 2.34. The maximum absolute atomic E-state index is 12.9. The molecule has 22 heavy (non-hydrogen) atoms. The first-order chi connectivity index (χ1) is 10.7. The van der Waals surface area contributed by atoms with Crippen LogP contribution < -0.4 is 4.90 Å². The molecule has 0 unspecified atom stereocenters. The molecular formula is C17H14N2O2S. The Balaban J connectivity index is 1.62.